The van der Waals surface area contributed by atoms with Crippen molar-refractivity contribution in [2.45, 2.75) is 207 Å². The Labute approximate surface area is 374 Å². The Balaban J connectivity index is 4.54. The van der Waals surface area contributed by atoms with E-state index in [4.69, 9.17) is 14.2 Å². The van der Waals surface area contributed by atoms with Crippen LogP contribution in [-0.2, 0) is 28.6 Å². The predicted molar refractivity (Wildman–Crippen MR) is 260 cm³/mol. The van der Waals surface area contributed by atoms with E-state index < -0.39 is 6.10 Å². The van der Waals surface area contributed by atoms with E-state index in [9.17, 15) is 14.4 Å². The lowest BCUT2D eigenvalue weighted by atomic mass is 10.1. The molecule has 0 aromatic rings. The van der Waals surface area contributed by atoms with Crippen LogP contribution in [0.5, 0.6) is 0 Å². The van der Waals surface area contributed by atoms with Crippen LogP contribution in [0.2, 0.25) is 0 Å². The molecule has 0 aliphatic carbocycles. The zero-order valence-electron chi connectivity index (χ0n) is 39.1. The summed E-state index contributed by atoms with van der Waals surface area (Å²) in [6, 6.07) is 0. The molecule has 0 aromatic heterocycles. The first-order valence-corrected chi connectivity index (χ1v) is 24.4. The highest BCUT2D eigenvalue weighted by Crippen LogP contribution is 2.13. The quantitative estimate of drug-likeness (QED) is 0.0264. The van der Waals surface area contributed by atoms with Gasteiger partial charge in [-0.1, -0.05) is 194 Å². The zero-order valence-corrected chi connectivity index (χ0v) is 39.1. The minimum absolute atomic E-state index is 0.118. The first kappa shape index (κ1) is 57.1. The Hall–Kier alpha value is -3.93. The molecule has 0 rings (SSSR count). The van der Waals surface area contributed by atoms with Crippen molar-refractivity contribution < 1.29 is 28.6 Å². The van der Waals surface area contributed by atoms with Crippen molar-refractivity contribution >= 4 is 17.9 Å². The molecule has 0 heterocycles. The van der Waals surface area contributed by atoms with Gasteiger partial charge in [0, 0.05) is 19.3 Å². The van der Waals surface area contributed by atoms with Crippen molar-refractivity contribution in [2.24, 2.45) is 0 Å². The molecule has 6 heteroatoms. The van der Waals surface area contributed by atoms with Crippen LogP contribution in [0.25, 0.3) is 0 Å². The topological polar surface area (TPSA) is 78.9 Å². The van der Waals surface area contributed by atoms with Crippen LogP contribution in [0.15, 0.2) is 109 Å². The fourth-order valence-corrected chi connectivity index (χ4v) is 6.17. The van der Waals surface area contributed by atoms with E-state index in [1.807, 2.05) is 0 Å². The van der Waals surface area contributed by atoms with Gasteiger partial charge in [0.05, 0.1) is 0 Å². The Morgan fingerprint density at radius 3 is 1.07 bits per heavy atom. The summed E-state index contributed by atoms with van der Waals surface area (Å²) >= 11 is 0. The largest absolute Gasteiger partial charge is 0.462 e. The first-order chi connectivity index (χ1) is 30.0. The highest BCUT2D eigenvalue weighted by atomic mass is 16.6. The van der Waals surface area contributed by atoms with E-state index in [0.717, 1.165) is 96.3 Å². The number of hydrogen-bond acceptors (Lipinski definition) is 6. The van der Waals surface area contributed by atoms with Gasteiger partial charge < -0.3 is 14.2 Å². The highest BCUT2D eigenvalue weighted by molar-refractivity contribution is 5.71. The zero-order chi connectivity index (χ0) is 44.4. The standard InChI is InChI=1S/C55H88O6/c1-4-7-10-13-16-19-22-24-26-27-29-31-34-36-39-42-45-48-54(57)60-51-52(61-55(58)49-46-43-40-37-32-21-18-15-12-9-6-3)50-59-53(56)47-44-41-38-35-33-30-28-25-23-20-17-14-11-8-5-2/h7-8,10-11,16-17,19-20,24-26,28-29,31,33,35-36,39,52H,4-6,9,12-15,18,21-23,27,30,32,34,37-38,40-51H2,1-3H3/b10-7-,11-8-,19-16-,20-17-,26-24-,28-25-,31-29-,35-33-,39-36-/t52-/m0/s1. The van der Waals surface area contributed by atoms with E-state index in [0.29, 0.717) is 25.7 Å². The molecule has 0 aromatic carbocycles. The first-order valence-electron chi connectivity index (χ1n) is 24.4. The van der Waals surface area contributed by atoms with E-state index in [-0.39, 0.29) is 37.5 Å². The summed E-state index contributed by atoms with van der Waals surface area (Å²) < 4.78 is 16.7. The summed E-state index contributed by atoms with van der Waals surface area (Å²) in [6.07, 6.45) is 65.1. The average molecular weight is 845 g/mol. The molecule has 0 unspecified atom stereocenters. The number of unbranched alkanes of at least 4 members (excludes halogenated alkanes) is 13. The molecule has 0 radical (unpaired) electrons. The van der Waals surface area contributed by atoms with Crippen LogP contribution >= 0.6 is 0 Å². The lowest BCUT2D eigenvalue weighted by Crippen LogP contribution is -2.30. The maximum absolute atomic E-state index is 12.7. The Morgan fingerprint density at radius 1 is 0.344 bits per heavy atom. The van der Waals surface area contributed by atoms with Crippen molar-refractivity contribution in [3.05, 3.63) is 109 Å². The van der Waals surface area contributed by atoms with Crippen LogP contribution in [0, 0.1) is 0 Å². The van der Waals surface area contributed by atoms with E-state index in [2.05, 4.69) is 130 Å². The summed E-state index contributed by atoms with van der Waals surface area (Å²) in [5.74, 6) is -1.02. The van der Waals surface area contributed by atoms with Gasteiger partial charge in [0.2, 0.25) is 0 Å². The van der Waals surface area contributed by atoms with Gasteiger partial charge in [0.25, 0.3) is 0 Å². The van der Waals surface area contributed by atoms with Crippen LogP contribution in [0.3, 0.4) is 0 Å². The molecule has 0 bridgehead atoms. The SMILES string of the molecule is CC/C=C\C/C=C\C/C=C\C/C=C\C/C=C\CCCC(=O)OC[C@H](COC(=O)CCCC/C=C\C/C=C\C/C=C\C/C=C\CC)OC(=O)CCCCCCCCCCCCC. The fourth-order valence-electron chi connectivity index (χ4n) is 6.17. The van der Waals surface area contributed by atoms with Crippen molar-refractivity contribution in [3.8, 4) is 0 Å². The second-order valence-corrected chi connectivity index (χ2v) is 15.6. The van der Waals surface area contributed by atoms with Gasteiger partial charge in [-0.2, -0.15) is 0 Å². The third-order valence-corrected chi connectivity index (χ3v) is 9.77. The maximum Gasteiger partial charge on any atom is 0.306 e. The average Bonchev–Trinajstić information content (AvgIpc) is 3.26. The Morgan fingerprint density at radius 2 is 0.656 bits per heavy atom. The number of carbonyl (C=O) groups excluding carboxylic acids is 3. The number of ether oxygens (including phenoxy) is 3. The van der Waals surface area contributed by atoms with Crippen LogP contribution in [-0.4, -0.2) is 37.2 Å². The van der Waals surface area contributed by atoms with E-state index >= 15 is 0 Å². The number of hydrogen-bond donors (Lipinski definition) is 0. The van der Waals surface area contributed by atoms with E-state index in [1.54, 1.807) is 0 Å². The van der Waals surface area contributed by atoms with Gasteiger partial charge in [-0.15, -0.1) is 0 Å². The van der Waals surface area contributed by atoms with E-state index in [1.165, 1.54) is 51.4 Å². The van der Waals surface area contributed by atoms with Gasteiger partial charge >= 0.3 is 17.9 Å². The third kappa shape index (κ3) is 47.0. The van der Waals surface area contributed by atoms with Gasteiger partial charge in [0.1, 0.15) is 13.2 Å². The molecule has 0 fully saturated rings. The smallest absolute Gasteiger partial charge is 0.306 e. The van der Waals surface area contributed by atoms with Gasteiger partial charge in [-0.05, 0) is 96.3 Å². The lowest BCUT2D eigenvalue weighted by Gasteiger charge is -2.18. The van der Waals surface area contributed by atoms with Crippen molar-refractivity contribution in [1.82, 2.24) is 0 Å². The molecular formula is C55H88O6. The molecule has 0 spiro atoms. The summed E-state index contributed by atoms with van der Waals surface area (Å²) in [5, 5.41) is 0. The molecule has 0 aliphatic heterocycles. The Bertz CT molecular complexity index is 1290. The number of allylic oxidation sites excluding steroid dienone is 18. The molecule has 0 aliphatic rings. The van der Waals surface area contributed by atoms with Crippen LogP contribution in [0.4, 0.5) is 0 Å². The van der Waals surface area contributed by atoms with Crippen molar-refractivity contribution in [3.63, 3.8) is 0 Å². The predicted octanol–water partition coefficient (Wildman–Crippen LogP) is 16.0. The molecule has 0 N–H and O–H groups in total. The van der Waals surface area contributed by atoms with Crippen molar-refractivity contribution in [2.75, 3.05) is 13.2 Å². The minimum atomic E-state index is -0.816. The molecule has 0 amide bonds. The van der Waals surface area contributed by atoms with Crippen LogP contribution in [0.1, 0.15) is 201 Å². The lowest BCUT2D eigenvalue weighted by molar-refractivity contribution is -0.167. The molecular weight excluding hydrogens is 757 g/mol. The number of esters is 3. The highest BCUT2D eigenvalue weighted by Gasteiger charge is 2.19. The summed E-state index contributed by atoms with van der Waals surface area (Å²) in [6.45, 7) is 6.29. The minimum Gasteiger partial charge on any atom is -0.462 e. The second-order valence-electron chi connectivity index (χ2n) is 15.6. The molecule has 61 heavy (non-hydrogen) atoms. The van der Waals surface area contributed by atoms with Gasteiger partial charge in [0.15, 0.2) is 6.10 Å². The monoisotopic (exact) mass is 845 g/mol. The molecule has 344 valence electrons. The molecule has 6 nitrogen and oxygen atoms in total. The number of rotatable bonds is 42. The normalized spacial score (nSPS) is 13.0. The summed E-state index contributed by atoms with van der Waals surface area (Å²) in [4.78, 5) is 37.8. The third-order valence-electron chi connectivity index (χ3n) is 9.77. The number of carbonyl (C=O) groups is 3. The van der Waals surface area contributed by atoms with Crippen LogP contribution < -0.4 is 0 Å². The summed E-state index contributed by atoms with van der Waals surface area (Å²) in [7, 11) is 0. The molecule has 1 atom stereocenters. The Kier molecular flexibility index (Phi) is 45.6. The van der Waals surface area contributed by atoms with Gasteiger partial charge in [-0.3, -0.25) is 14.4 Å². The van der Waals surface area contributed by atoms with Crippen molar-refractivity contribution in [1.29, 1.82) is 0 Å². The molecule has 0 saturated carbocycles. The second kappa shape index (κ2) is 48.7. The summed E-state index contributed by atoms with van der Waals surface area (Å²) in [5.41, 5.74) is 0. The molecule has 0 saturated heterocycles. The maximum atomic E-state index is 12.7. The van der Waals surface area contributed by atoms with Gasteiger partial charge in [-0.25, -0.2) is 0 Å². The fraction of sp³-hybridized carbons (Fsp3) is 0.618.